The largest absolute Gasteiger partial charge is 0.318 e. The van der Waals surface area contributed by atoms with E-state index >= 15 is 0 Å². The van der Waals surface area contributed by atoms with Crippen molar-refractivity contribution in [1.29, 1.82) is 0 Å². The maximum Gasteiger partial charge on any atom is 0.0645 e. The molecule has 0 aromatic carbocycles. The molecule has 0 heterocycles. The van der Waals surface area contributed by atoms with Gasteiger partial charge in [-0.3, -0.25) is 0 Å². The van der Waals surface area contributed by atoms with Gasteiger partial charge in [0.05, 0.1) is 6.04 Å². The van der Waals surface area contributed by atoms with E-state index in [0.29, 0.717) is 0 Å². The Hall–Kier alpha value is -0.130. The highest BCUT2D eigenvalue weighted by molar-refractivity contribution is 8.03. The summed E-state index contributed by atoms with van der Waals surface area (Å²) in [4.78, 5) is 0. The van der Waals surface area contributed by atoms with Crippen molar-refractivity contribution in [3.63, 3.8) is 0 Å². The van der Waals surface area contributed by atoms with Gasteiger partial charge in [-0.2, -0.15) is 0 Å². The molecular weight excluding hydrogens is 106 g/mol. The molecule has 0 fully saturated rings. The topological polar surface area (TPSA) is 26.0 Å². The number of nitrogens with two attached hydrogens (primary N) is 1. The minimum atomic E-state index is 0.0208. The first-order valence-electron chi connectivity index (χ1n) is 2.06. The molecule has 0 amide bonds. The average Bonchev–Trinajstić information content (AvgIpc) is 1.61. The summed E-state index contributed by atoms with van der Waals surface area (Å²) in [7, 11) is 0. The molecule has 0 saturated carbocycles. The minimum absolute atomic E-state index is 0.0208. The highest BCUT2D eigenvalue weighted by Gasteiger charge is 1.77. The first-order valence-corrected chi connectivity index (χ1v) is 3.29. The zero-order valence-corrected chi connectivity index (χ0v) is 5.38. The first-order chi connectivity index (χ1) is 3.27. The molecule has 1 nitrogen and oxygen atoms in total. The molecule has 2 N–H and O–H groups in total. The van der Waals surface area contributed by atoms with Crippen LogP contribution in [0.1, 0.15) is 6.92 Å². The number of hydrogen-bond donors (Lipinski definition) is 1. The fourth-order valence-corrected chi connectivity index (χ4v) is 0.456. The second kappa shape index (κ2) is 4.04. The molecule has 1 atom stereocenters. The maximum atomic E-state index is 5.29. The molecule has 0 rings (SSSR count). The van der Waals surface area contributed by atoms with Crippen molar-refractivity contribution in [2.45, 2.75) is 13.0 Å². The Balaban J connectivity index is 3.24. The number of thioether (sulfide) groups is 1. The van der Waals surface area contributed by atoms with Crippen LogP contribution in [0.3, 0.4) is 0 Å². The molecule has 0 saturated heterocycles. The molecule has 0 spiro atoms. The van der Waals surface area contributed by atoms with E-state index in [1.165, 1.54) is 11.8 Å². The van der Waals surface area contributed by atoms with Gasteiger partial charge in [-0.05, 0) is 18.4 Å². The zero-order chi connectivity index (χ0) is 5.70. The van der Waals surface area contributed by atoms with Gasteiger partial charge in [-0.25, -0.2) is 0 Å². The molecule has 0 aromatic heterocycles. The first kappa shape index (κ1) is 6.87. The molecule has 7 heavy (non-hydrogen) atoms. The quantitative estimate of drug-likeness (QED) is 0.469. The fourth-order valence-electron chi connectivity index (χ4n) is 0.152. The van der Waals surface area contributed by atoms with E-state index in [2.05, 4.69) is 11.2 Å². The van der Waals surface area contributed by atoms with Crippen LogP contribution in [0, 0.1) is 11.2 Å². The Morgan fingerprint density at radius 3 is 2.43 bits per heavy atom. The second-order valence-electron chi connectivity index (χ2n) is 1.24. The van der Waals surface area contributed by atoms with Crippen molar-refractivity contribution in [3.8, 4) is 11.2 Å². The third-order valence-corrected chi connectivity index (χ3v) is 0.711. The molecule has 0 bridgehead atoms. The standard InChI is InChI=1S/C5H9NS/c1-5(6)3-4-7-2/h5H,6H2,1-2H3. The van der Waals surface area contributed by atoms with Gasteiger partial charge in [0.2, 0.25) is 0 Å². The van der Waals surface area contributed by atoms with Gasteiger partial charge in [-0.1, -0.05) is 17.7 Å². The third kappa shape index (κ3) is 5.87. The van der Waals surface area contributed by atoms with Crippen LogP contribution >= 0.6 is 11.8 Å². The fraction of sp³-hybridized carbons (Fsp3) is 0.600. The van der Waals surface area contributed by atoms with E-state index < -0.39 is 0 Å². The van der Waals surface area contributed by atoms with Crippen LogP contribution in [0.25, 0.3) is 0 Å². The SMILES string of the molecule is CSC#CC(C)N. The summed E-state index contributed by atoms with van der Waals surface area (Å²) >= 11 is 1.49. The molecular formula is C5H9NS. The lowest BCUT2D eigenvalue weighted by atomic mass is 10.4. The predicted octanol–water partition coefficient (Wildman–Crippen LogP) is 0.658. The van der Waals surface area contributed by atoms with Gasteiger partial charge >= 0.3 is 0 Å². The molecule has 2 heteroatoms. The van der Waals surface area contributed by atoms with Gasteiger partial charge in [0.15, 0.2) is 0 Å². The molecule has 0 aliphatic carbocycles. The molecule has 0 aromatic rings. The summed E-state index contributed by atoms with van der Waals surface area (Å²) in [6, 6.07) is 0.0208. The average molecular weight is 115 g/mol. The monoisotopic (exact) mass is 115 g/mol. The number of hydrogen-bond acceptors (Lipinski definition) is 2. The van der Waals surface area contributed by atoms with E-state index in [-0.39, 0.29) is 6.04 Å². The van der Waals surface area contributed by atoms with E-state index in [4.69, 9.17) is 5.73 Å². The van der Waals surface area contributed by atoms with Crippen molar-refractivity contribution in [2.75, 3.05) is 6.26 Å². The van der Waals surface area contributed by atoms with Crippen LogP contribution in [0.4, 0.5) is 0 Å². The van der Waals surface area contributed by atoms with Crippen LogP contribution in [-0.4, -0.2) is 12.3 Å². The zero-order valence-electron chi connectivity index (χ0n) is 4.56. The Morgan fingerprint density at radius 1 is 1.71 bits per heavy atom. The highest BCUT2D eigenvalue weighted by Crippen LogP contribution is 1.83. The van der Waals surface area contributed by atoms with Crippen LogP contribution in [0.15, 0.2) is 0 Å². The van der Waals surface area contributed by atoms with E-state index in [1.54, 1.807) is 0 Å². The Bertz CT molecular complexity index is 88.0. The van der Waals surface area contributed by atoms with E-state index in [9.17, 15) is 0 Å². The Labute approximate surface area is 48.7 Å². The smallest absolute Gasteiger partial charge is 0.0645 e. The van der Waals surface area contributed by atoms with Crippen molar-refractivity contribution < 1.29 is 0 Å². The van der Waals surface area contributed by atoms with E-state index in [0.717, 1.165) is 0 Å². The van der Waals surface area contributed by atoms with Gasteiger partial charge in [-0.15, -0.1) is 0 Å². The van der Waals surface area contributed by atoms with Gasteiger partial charge in [0.25, 0.3) is 0 Å². The van der Waals surface area contributed by atoms with Crippen LogP contribution in [0.5, 0.6) is 0 Å². The predicted molar refractivity (Wildman–Crippen MR) is 34.9 cm³/mol. The van der Waals surface area contributed by atoms with E-state index in [1.807, 2.05) is 13.2 Å². The molecule has 1 unspecified atom stereocenters. The summed E-state index contributed by atoms with van der Waals surface area (Å²) < 4.78 is 0. The number of rotatable bonds is 0. The lowest BCUT2D eigenvalue weighted by Gasteiger charge is -1.84. The van der Waals surface area contributed by atoms with Crippen molar-refractivity contribution in [3.05, 3.63) is 0 Å². The van der Waals surface area contributed by atoms with Crippen molar-refractivity contribution in [2.24, 2.45) is 5.73 Å². The summed E-state index contributed by atoms with van der Waals surface area (Å²) in [6.45, 7) is 1.86. The summed E-state index contributed by atoms with van der Waals surface area (Å²) in [6.07, 6.45) is 1.93. The van der Waals surface area contributed by atoms with Gasteiger partial charge in [0.1, 0.15) is 0 Å². The van der Waals surface area contributed by atoms with Crippen LogP contribution in [0.2, 0.25) is 0 Å². The van der Waals surface area contributed by atoms with Gasteiger partial charge < -0.3 is 5.73 Å². The van der Waals surface area contributed by atoms with Crippen molar-refractivity contribution in [1.82, 2.24) is 0 Å². The second-order valence-corrected chi connectivity index (χ2v) is 1.85. The third-order valence-electron chi connectivity index (χ3n) is 0.389. The van der Waals surface area contributed by atoms with Crippen LogP contribution < -0.4 is 5.73 Å². The Morgan fingerprint density at radius 2 is 2.29 bits per heavy atom. The summed E-state index contributed by atoms with van der Waals surface area (Å²) in [5, 5.41) is 2.79. The lowest BCUT2D eigenvalue weighted by Crippen LogP contribution is -2.10. The maximum absolute atomic E-state index is 5.29. The molecule has 40 valence electrons. The molecule has 0 radical (unpaired) electrons. The molecule has 0 aliphatic rings. The molecule has 0 aliphatic heterocycles. The van der Waals surface area contributed by atoms with Crippen molar-refractivity contribution >= 4 is 11.8 Å². The summed E-state index contributed by atoms with van der Waals surface area (Å²) in [5.74, 6) is 2.79. The van der Waals surface area contributed by atoms with Gasteiger partial charge in [0, 0.05) is 0 Å². The normalized spacial score (nSPS) is 11.9. The Kier molecular flexibility index (Phi) is 3.97. The highest BCUT2D eigenvalue weighted by atomic mass is 32.2. The summed E-state index contributed by atoms with van der Waals surface area (Å²) in [5.41, 5.74) is 5.29. The van der Waals surface area contributed by atoms with Crippen LogP contribution in [-0.2, 0) is 0 Å². The lowest BCUT2D eigenvalue weighted by molar-refractivity contribution is 0.960. The minimum Gasteiger partial charge on any atom is -0.318 e.